The van der Waals surface area contributed by atoms with Gasteiger partial charge in [-0.1, -0.05) is 75.7 Å². The van der Waals surface area contributed by atoms with Crippen molar-refractivity contribution in [1.29, 1.82) is 0 Å². The van der Waals surface area contributed by atoms with Crippen LogP contribution in [0, 0.1) is 11.7 Å². The maximum Gasteiger partial charge on any atom is 0.305 e. The van der Waals surface area contributed by atoms with E-state index < -0.39 is 199 Å². The molecule has 5 rings (SSSR count). The molecular formula is C68H93FN14O19. The van der Waals surface area contributed by atoms with Crippen LogP contribution in [-0.4, -0.2) is 216 Å². The normalized spacial score (nSPS) is 17.2. The van der Waals surface area contributed by atoms with Crippen molar-refractivity contribution in [1.82, 2.24) is 62.7 Å². The molecule has 0 aliphatic carbocycles. The highest BCUT2D eigenvalue weighted by Gasteiger charge is 2.48. The molecule has 3 aromatic carbocycles. The molecule has 0 spiro atoms. The molecule has 0 bridgehead atoms. The predicted octanol–water partition coefficient (Wildman–Crippen LogP) is -2.47. The van der Waals surface area contributed by atoms with Crippen LogP contribution in [-0.2, 0) is 88.0 Å². The number of H-pyrrole nitrogens is 1. The molecule has 2 heterocycles. The number of ether oxygens (including phenoxy) is 1. The van der Waals surface area contributed by atoms with Crippen molar-refractivity contribution in [3.63, 3.8) is 0 Å². The number of carbonyl (C=O) groups excluding carboxylic acids is 11. The number of aliphatic hydroxyl groups is 3. The lowest BCUT2D eigenvalue weighted by molar-refractivity contribution is -0.146. The smallest absolute Gasteiger partial charge is 0.305 e. The van der Waals surface area contributed by atoms with Gasteiger partial charge in [-0.25, -0.2) is 9.37 Å². The number of primary amides is 1. The second-order valence-corrected chi connectivity index (χ2v) is 25.5. The number of hydrogen-bond acceptors (Lipinski definition) is 19. The van der Waals surface area contributed by atoms with E-state index in [1.54, 1.807) is 51.3 Å². The molecule has 0 unspecified atom stereocenters. The van der Waals surface area contributed by atoms with Gasteiger partial charge in [0, 0.05) is 44.1 Å². The summed E-state index contributed by atoms with van der Waals surface area (Å²) in [6, 6.07) is 3.69. The van der Waals surface area contributed by atoms with Crippen molar-refractivity contribution >= 4 is 76.9 Å². The number of rotatable bonds is 39. The number of carboxylic acid groups (broad SMARTS) is 2. The van der Waals surface area contributed by atoms with Gasteiger partial charge in [0.15, 0.2) is 0 Å². The van der Waals surface area contributed by atoms with Gasteiger partial charge in [-0.05, 0) is 105 Å². The average molecular weight is 1430 g/mol. The summed E-state index contributed by atoms with van der Waals surface area (Å²) in [5.74, 6) is -15.9. The van der Waals surface area contributed by atoms with Crippen molar-refractivity contribution in [2.45, 2.75) is 184 Å². The van der Waals surface area contributed by atoms with Crippen LogP contribution in [0.5, 0.6) is 5.75 Å². The third-order valence-electron chi connectivity index (χ3n) is 17.6. The van der Waals surface area contributed by atoms with E-state index in [1.165, 1.54) is 42.5 Å². The number of benzene rings is 3. The maximum atomic E-state index is 15.4. The quantitative estimate of drug-likeness (QED) is 0.0220. The summed E-state index contributed by atoms with van der Waals surface area (Å²) >= 11 is 0. The van der Waals surface area contributed by atoms with Crippen LogP contribution in [0.2, 0.25) is 0 Å². The molecule has 102 heavy (non-hydrogen) atoms. The highest BCUT2D eigenvalue weighted by molar-refractivity contribution is 6.01. The number of aromatic amines is 1. The minimum absolute atomic E-state index is 0.0562. The number of nitrogens with zero attached hydrogens (tertiary/aromatic N) is 2. The van der Waals surface area contributed by atoms with Crippen molar-refractivity contribution in [2.24, 2.45) is 17.4 Å². The number of carboxylic acids is 2. The van der Waals surface area contributed by atoms with E-state index in [1.807, 2.05) is 19.1 Å². The number of aliphatic hydroxyl groups excluding tert-OH is 3. The van der Waals surface area contributed by atoms with Crippen molar-refractivity contribution in [3.8, 4) is 16.9 Å². The molecule has 33 nitrogen and oxygen atoms in total. The molecule has 1 aromatic heterocycles. The van der Waals surface area contributed by atoms with Crippen molar-refractivity contribution in [3.05, 3.63) is 107 Å². The zero-order valence-electron chi connectivity index (χ0n) is 57.9. The van der Waals surface area contributed by atoms with Crippen LogP contribution >= 0.6 is 0 Å². The molecule has 1 saturated heterocycles. The molecule has 556 valence electrons. The number of imidazole rings is 1. The van der Waals surface area contributed by atoms with Crippen LogP contribution in [0.3, 0.4) is 0 Å². The Morgan fingerprint density at radius 2 is 1.36 bits per heavy atom. The molecule has 1 aliphatic heterocycles. The number of likely N-dealkylation sites (tertiary alicyclic amines) is 1. The second kappa shape index (κ2) is 37.8. The summed E-state index contributed by atoms with van der Waals surface area (Å²) in [6.07, 6.45) is -2.51. The number of hydrogen-bond donors (Lipinski definition) is 17. The number of nitrogens with one attached hydrogen (secondary N) is 10. The van der Waals surface area contributed by atoms with Crippen LogP contribution in [0.1, 0.15) is 109 Å². The number of aliphatic carboxylic acids is 2. The van der Waals surface area contributed by atoms with Crippen molar-refractivity contribution in [2.75, 3.05) is 26.8 Å². The summed E-state index contributed by atoms with van der Waals surface area (Å²) in [5.41, 5.74) is 11.4. The molecular weight excluding hydrogens is 1340 g/mol. The first-order valence-corrected chi connectivity index (χ1v) is 33.1. The van der Waals surface area contributed by atoms with Gasteiger partial charge in [0.1, 0.15) is 64.9 Å². The number of aromatic nitrogens is 2. The maximum absolute atomic E-state index is 15.4. The third kappa shape index (κ3) is 22.8. The fourth-order valence-electron chi connectivity index (χ4n) is 11.4. The Morgan fingerprint density at radius 1 is 0.735 bits per heavy atom. The Bertz CT molecular complexity index is 3660. The van der Waals surface area contributed by atoms with E-state index in [-0.39, 0.29) is 31.4 Å². The Hall–Kier alpha value is -10.5. The molecule has 13 atom stereocenters. The molecule has 0 radical (unpaired) electrons. The van der Waals surface area contributed by atoms with Gasteiger partial charge < -0.3 is 99.5 Å². The predicted molar refractivity (Wildman–Crippen MR) is 363 cm³/mol. The van der Waals surface area contributed by atoms with Crippen LogP contribution in [0.25, 0.3) is 11.1 Å². The average Bonchev–Trinajstić information content (AvgIpc) is 1.60. The first-order chi connectivity index (χ1) is 48.1. The molecule has 34 heteroatoms. The fraction of sp³-hybridized carbons (Fsp3) is 0.500. The topological polar surface area (TPSA) is 525 Å². The van der Waals surface area contributed by atoms with E-state index in [9.17, 15) is 87.9 Å². The van der Waals surface area contributed by atoms with E-state index in [2.05, 4.69) is 57.8 Å². The molecule has 0 saturated carbocycles. The number of methoxy groups -OCH3 is 1. The van der Waals surface area contributed by atoms with E-state index in [0.29, 0.717) is 36.3 Å². The minimum atomic E-state index is -2.41. The number of halogens is 1. The molecule has 19 N–H and O–H groups in total. The Morgan fingerprint density at radius 3 is 1.94 bits per heavy atom. The fourth-order valence-corrected chi connectivity index (χ4v) is 11.4. The Labute approximate surface area is 587 Å². The van der Waals surface area contributed by atoms with Crippen LogP contribution < -0.4 is 64.1 Å². The Kier molecular flexibility index (Phi) is 30.5. The van der Waals surface area contributed by atoms with E-state index in [4.69, 9.17) is 16.2 Å². The van der Waals surface area contributed by atoms with Gasteiger partial charge >= 0.3 is 11.9 Å². The van der Waals surface area contributed by atoms with E-state index in [0.717, 1.165) is 43.5 Å². The summed E-state index contributed by atoms with van der Waals surface area (Å²) in [6.45, 7) is 7.80. The lowest BCUT2D eigenvalue weighted by atomic mass is 9.90. The van der Waals surface area contributed by atoms with E-state index >= 15 is 4.39 Å². The molecule has 1 fully saturated rings. The van der Waals surface area contributed by atoms with Crippen molar-refractivity contribution < 1.29 is 97.0 Å². The minimum Gasteiger partial charge on any atom is -0.497 e. The second-order valence-electron chi connectivity index (χ2n) is 25.5. The first kappa shape index (κ1) is 82.2. The number of carbonyl (C=O) groups is 13. The SMILES string of the molecule is CCc1cc(OC)ccc1-c1ccc(C[C@H](NC(=O)[C@H](CC(=O)O)NC(=O)[C@H](CO)NC(=O)[C@@H](NC(=O)[C@](C)(Cc2ccccc2F)NC(=O)[C@@H](NC(=O)CNC(=O)[C@H](CCC(=O)O)NC(=O)[C@]2(C)CCCN2C(=O)[C@@H](N)Cc2cnc[nH]2)[C@@H](C)O)[C@@H](C)O)C(=O)N[C@H](C(N)=O)[C@@H](C)CC)cc1. The Balaban J connectivity index is 1.32. The summed E-state index contributed by atoms with van der Waals surface area (Å²) in [5, 5.41) is 72.7. The van der Waals surface area contributed by atoms with Crippen LogP contribution in [0.15, 0.2) is 79.3 Å². The third-order valence-corrected chi connectivity index (χ3v) is 17.6. The summed E-state index contributed by atoms with van der Waals surface area (Å²) < 4.78 is 20.8. The van der Waals surface area contributed by atoms with Crippen LogP contribution in [0.4, 0.5) is 4.39 Å². The lowest BCUT2D eigenvalue weighted by Crippen LogP contribution is -2.67. The monoisotopic (exact) mass is 1430 g/mol. The summed E-state index contributed by atoms with van der Waals surface area (Å²) in [4.78, 5) is 185. The lowest BCUT2D eigenvalue weighted by Gasteiger charge is -2.36. The number of amides is 11. The number of aryl methyl sites for hydroxylation is 1. The molecule has 11 amide bonds. The highest BCUT2D eigenvalue weighted by Crippen LogP contribution is 2.32. The largest absolute Gasteiger partial charge is 0.497 e. The van der Waals surface area contributed by atoms with Gasteiger partial charge in [-0.3, -0.25) is 62.3 Å². The standard InChI is InChI=1S/C68H93FN14O19/c1-9-35(3)54(57(71)92)80-60(95)48(26-38-16-18-40(19-17-38)44-21-20-43(102-8)27-39(44)10-2)75-59(94)49(29-53(90)91)76-61(96)50(33-84)77-62(97)55(36(4)85)81-65(100)67(6,30-41-14-11-12-15-45(41)69)82-63(98)56(37(5)86)79-51(87)32-73-58(93)47(22-23-52(88)89)78-66(101)68(7)24-13-25-83(68)64(99)46(70)28-42-31-72-34-74-42/h11-12,14-21,27,31,34-37,46-50,54-56,84-86H,9-10,13,22-26,28-30,32-33,70H2,1-8H3,(H2,71,92)(H,72,74)(H,73,93)(H,75,94)(H,76,96)(H,77,97)(H,78,101)(H,79,87)(H,80,95)(H,81,100)(H,82,98)(H,88,89)(H,90,91)/t35-,36+,37+,46-,47-,48-,49-,50-,54-,55-,56-,67-,68-/m0/s1. The highest BCUT2D eigenvalue weighted by atomic mass is 19.1. The van der Waals surface area contributed by atoms with Gasteiger partial charge in [-0.15, -0.1) is 0 Å². The zero-order chi connectivity index (χ0) is 75.9. The van der Waals surface area contributed by atoms with Gasteiger partial charge in [0.2, 0.25) is 65.0 Å². The molecule has 1 aliphatic rings. The number of nitrogens with two attached hydrogens (primary N) is 2. The first-order valence-electron chi connectivity index (χ1n) is 33.1. The van der Waals surface area contributed by atoms with Gasteiger partial charge in [-0.2, -0.15) is 0 Å². The zero-order valence-corrected chi connectivity index (χ0v) is 57.9. The van der Waals surface area contributed by atoms with Gasteiger partial charge in [0.25, 0.3) is 0 Å². The summed E-state index contributed by atoms with van der Waals surface area (Å²) in [7, 11) is 1.55. The molecule has 4 aromatic rings. The van der Waals surface area contributed by atoms with Gasteiger partial charge in [0.05, 0.1) is 51.3 Å².